The molecule has 29 heavy (non-hydrogen) atoms. The maximum Gasteiger partial charge on any atom is 0.244 e. The molecule has 0 spiro atoms. The van der Waals surface area contributed by atoms with Crippen LogP contribution in [0.15, 0.2) is 59.5 Å². The first-order valence-corrected chi connectivity index (χ1v) is 10.1. The molecule has 0 aliphatic carbocycles. The Balaban J connectivity index is 1.51. The second kappa shape index (κ2) is 8.47. The van der Waals surface area contributed by atoms with Gasteiger partial charge in [-0.1, -0.05) is 30.3 Å². The van der Waals surface area contributed by atoms with Crippen molar-refractivity contribution in [3.63, 3.8) is 0 Å². The van der Waals surface area contributed by atoms with Crippen LogP contribution in [0.5, 0.6) is 0 Å². The van der Waals surface area contributed by atoms with Crippen molar-refractivity contribution < 1.29 is 4.79 Å². The summed E-state index contributed by atoms with van der Waals surface area (Å²) in [6.45, 7) is 2.79. The zero-order valence-electron chi connectivity index (χ0n) is 16.8. The van der Waals surface area contributed by atoms with Gasteiger partial charge >= 0.3 is 0 Å². The number of amides is 1. The fourth-order valence-corrected chi connectivity index (χ4v) is 3.97. The highest BCUT2D eigenvalue weighted by Crippen LogP contribution is 2.25. The van der Waals surface area contributed by atoms with Gasteiger partial charge < -0.3 is 9.80 Å². The largest absolute Gasteiger partial charge is 0.371 e. The van der Waals surface area contributed by atoms with Crippen molar-refractivity contribution in [3.8, 4) is 0 Å². The van der Waals surface area contributed by atoms with Crippen molar-refractivity contribution in [2.45, 2.75) is 32.4 Å². The standard InChI is InChI=1S/C23H26N4O2/c1-25(16-18-9-3-5-11-20(18)26-13-7-2-8-14-26)23(29)17-27-21-12-6-4-10-19(21)22(28)15-24-27/h3-6,9-12,15H,2,7-8,13-14,16-17H2,1H3. The molecule has 1 fully saturated rings. The molecule has 1 aliphatic heterocycles. The highest BCUT2D eigenvalue weighted by atomic mass is 16.2. The maximum absolute atomic E-state index is 12.9. The first-order chi connectivity index (χ1) is 14.1. The zero-order chi connectivity index (χ0) is 20.2. The number of hydrogen-bond acceptors (Lipinski definition) is 4. The minimum atomic E-state index is -0.131. The SMILES string of the molecule is CN(Cc1ccccc1N1CCCCC1)C(=O)Cn1ncc(=O)c2ccccc21. The van der Waals surface area contributed by atoms with E-state index in [-0.39, 0.29) is 17.9 Å². The molecule has 4 rings (SSSR count). The van der Waals surface area contributed by atoms with Crippen molar-refractivity contribution in [2.24, 2.45) is 0 Å². The molecule has 1 saturated heterocycles. The molecule has 0 N–H and O–H groups in total. The van der Waals surface area contributed by atoms with Crippen LogP contribution in [0.4, 0.5) is 5.69 Å². The number of nitrogens with zero attached hydrogens (tertiary/aromatic N) is 4. The van der Waals surface area contributed by atoms with Gasteiger partial charge in [0.05, 0.1) is 11.7 Å². The molecule has 6 nitrogen and oxygen atoms in total. The minimum Gasteiger partial charge on any atom is -0.371 e. The summed E-state index contributed by atoms with van der Waals surface area (Å²) in [6.07, 6.45) is 5.00. The van der Waals surface area contributed by atoms with Gasteiger partial charge in [-0.05, 0) is 43.0 Å². The highest BCUT2D eigenvalue weighted by Gasteiger charge is 2.17. The molecular formula is C23H26N4O2. The van der Waals surface area contributed by atoms with E-state index in [0.29, 0.717) is 17.4 Å². The molecule has 2 aromatic carbocycles. The van der Waals surface area contributed by atoms with Crippen LogP contribution >= 0.6 is 0 Å². The number of rotatable bonds is 5. The Bertz CT molecular complexity index is 1070. The van der Waals surface area contributed by atoms with Gasteiger partial charge in [0.2, 0.25) is 11.3 Å². The summed E-state index contributed by atoms with van der Waals surface area (Å²) in [4.78, 5) is 29.1. The number of para-hydroxylation sites is 2. The number of benzene rings is 2. The lowest BCUT2D eigenvalue weighted by Crippen LogP contribution is -2.33. The van der Waals surface area contributed by atoms with E-state index in [4.69, 9.17) is 0 Å². The van der Waals surface area contributed by atoms with Crippen molar-refractivity contribution >= 4 is 22.5 Å². The number of carbonyl (C=O) groups is 1. The third-order valence-corrected chi connectivity index (χ3v) is 5.57. The number of likely N-dealkylation sites (N-methyl/N-ethyl adjacent to an activating group) is 1. The first-order valence-electron chi connectivity index (χ1n) is 10.1. The summed E-state index contributed by atoms with van der Waals surface area (Å²) in [5.41, 5.74) is 2.92. The van der Waals surface area contributed by atoms with E-state index in [2.05, 4.69) is 28.2 Å². The minimum absolute atomic E-state index is 0.0419. The van der Waals surface area contributed by atoms with Gasteiger partial charge in [-0.15, -0.1) is 0 Å². The summed E-state index contributed by atoms with van der Waals surface area (Å²) in [6, 6.07) is 15.6. The molecule has 0 atom stereocenters. The number of fused-ring (bicyclic) bond motifs is 1. The lowest BCUT2D eigenvalue weighted by molar-refractivity contribution is -0.131. The molecule has 2 heterocycles. The van der Waals surface area contributed by atoms with E-state index >= 15 is 0 Å². The van der Waals surface area contributed by atoms with E-state index in [1.165, 1.54) is 31.1 Å². The number of carbonyl (C=O) groups excluding carboxylic acids is 1. The highest BCUT2D eigenvalue weighted by molar-refractivity contribution is 5.81. The summed E-state index contributed by atoms with van der Waals surface area (Å²) in [7, 11) is 1.82. The van der Waals surface area contributed by atoms with Crippen LogP contribution in [0.3, 0.4) is 0 Å². The molecule has 6 heteroatoms. The summed E-state index contributed by atoms with van der Waals surface area (Å²) >= 11 is 0. The van der Waals surface area contributed by atoms with E-state index < -0.39 is 0 Å². The first kappa shape index (κ1) is 19.2. The average molecular weight is 390 g/mol. The topological polar surface area (TPSA) is 58.4 Å². The molecule has 0 radical (unpaired) electrons. The molecule has 0 bridgehead atoms. The van der Waals surface area contributed by atoms with Crippen LogP contribution < -0.4 is 10.3 Å². The van der Waals surface area contributed by atoms with E-state index in [1.54, 1.807) is 15.6 Å². The molecule has 150 valence electrons. The van der Waals surface area contributed by atoms with Gasteiger partial charge in [0.1, 0.15) is 6.54 Å². The third kappa shape index (κ3) is 4.16. The number of piperidine rings is 1. The van der Waals surface area contributed by atoms with Crippen molar-refractivity contribution in [2.75, 3.05) is 25.0 Å². The van der Waals surface area contributed by atoms with Crippen molar-refractivity contribution in [1.82, 2.24) is 14.7 Å². The van der Waals surface area contributed by atoms with Crippen molar-refractivity contribution in [1.29, 1.82) is 0 Å². The Kier molecular flexibility index (Phi) is 5.60. The monoisotopic (exact) mass is 390 g/mol. The molecule has 0 saturated carbocycles. The molecule has 1 aliphatic rings. The maximum atomic E-state index is 12.9. The van der Waals surface area contributed by atoms with Crippen LogP contribution in [0, 0.1) is 0 Å². The normalized spacial score (nSPS) is 14.2. The Morgan fingerprint density at radius 1 is 1.03 bits per heavy atom. The Labute approximate surface area is 170 Å². The molecule has 0 unspecified atom stereocenters. The van der Waals surface area contributed by atoms with Gasteiger partial charge in [-0.3, -0.25) is 14.3 Å². The van der Waals surface area contributed by atoms with E-state index in [0.717, 1.165) is 18.7 Å². The Morgan fingerprint density at radius 3 is 2.59 bits per heavy atom. The quantitative estimate of drug-likeness (QED) is 0.672. The van der Waals surface area contributed by atoms with Crippen LogP contribution in [-0.4, -0.2) is 40.7 Å². The number of anilines is 1. The predicted octanol–water partition coefficient (Wildman–Crippen LogP) is 3.05. The average Bonchev–Trinajstić information content (AvgIpc) is 2.77. The van der Waals surface area contributed by atoms with E-state index in [1.807, 2.05) is 31.3 Å². The lowest BCUT2D eigenvalue weighted by atomic mass is 10.1. The van der Waals surface area contributed by atoms with Gasteiger partial charge in [0.15, 0.2) is 0 Å². The predicted molar refractivity (Wildman–Crippen MR) is 115 cm³/mol. The third-order valence-electron chi connectivity index (χ3n) is 5.57. The van der Waals surface area contributed by atoms with Crippen LogP contribution in [-0.2, 0) is 17.9 Å². The van der Waals surface area contributed by atoms with Crippen LogP contribution in [0.1, 0.15) is 24.8 Å². The molecular weight excluding hydrogens is 364 g/mol. The summed E-state index contributed by atoms with van der Waals surface area (Å²) in [5.74, 6) is -0.0419. The summed E-state index contributed by atoms with van der Waals surface area (Å²) in [5, 5.41) is 4.75. The molecule has 1 aromatic heterocycles. The van der Waals surface area contributed by atoms with E-state index in [9.17, 15) is 9.59 Å². The Morgan fingerprint density at radius 2 is 1.76 bits per heavy atom. The molecule has 3 aromatic rings. The van der Waals surface area contributed by atoms with Crippen molar-refractivity contribution in [3.05, 3.63) is 70.5 Å². The second-order valence-electron chi connectivity index (χ2n) is 7.61. The van der Waals surface area contributed by atoms with Gasteiger partial charge in [-0.25, -0.2) is 0 Å². The summed E-state index contributed by atoms with van der Waals surface area (Å²) < 4.78 is 1.60. The van der Waals surface area contributed by atoms with Crippen LogP contribution in [0.25, 0.3) is 10.9 Å². The number of hydrogen-bond donors (Lipinski definition) is 0. The van der Waals surface area contributed by atoms with Crippen LogP contribution in [0.2, 0.25) is 0 Å². The van der Waals surface area contributed by atoms with Gasteiger partial charge in [0.25, 0.3) is 0 Å². The fraction of sp³-hybridized carbons (Fsp3) is 0.348. The fourth-order valence-electron chi connectivity index (χ4n) is 3.97. The van der Waals surface area contributed by atoms with Gasteiger partial charge in [0, 0.05) is 37.8 Å². The lowest BCUT2D eigenvalue weighted by Gasteiger charge is -2.31. The Hall–Kier alpha value is -3.15. The second-order valence-corrected chi connectivity index (χ2v) is 7.61. The zero-order valence-corrected chi connectivity index (χ0v) is 16.8. The smallest absolute Gasteiger partial charge is 0.244 e. The van der Waals surface area contributed by atoms with Gasteiger partial charge in [-0.2, -0.15) is 5.10 Å². The number of aromatic nitrogens is 2. The molecule has 1 amide bonds.